The number of thiol groups is 2. The van der Waals surface area contributed by atoms with E-state index in [9.17, 15) is 0 Å². The number of hydrogen-bond acceptors (Lipinski definition) is 3. The van der Waals surface area contributed by atoms with Crippen LogP contribution < -0.4 is 5.32 Å². The van der Waals surface area contributed by atoms with Crippen LogP contribution in [0, 0.1) is 0 Å². The molecule has 0 aromatic rings. The Labute approximate surface area is 87.3 Å². The average molecular weight is 227 g/mol. The standard InChI is InChI=1S/C4H9N.2CH2O2S/c1-2-4-5-3-1;2*2-1(3)4/h5H,1-4H2;2*4H,(H,2,3). The first-order chi connectivity index (χ1) is 5.96. The molecule has 7 heteroatoms. The van der Waals surface area contributed by atoms with Crippen molar-refractivity contribution in [2.24, 2.45) is 0 Å². The molecule has 0 amide bonds. The molecule has 0 unspecified atom stereocenters. The van der Waals surface area contributed by atoms with Gasteiger partial charge in [0.15, 0.2) is 0 Å². The van der Waals surface area contributed by atoms with Gasteiger partial charge < -0.3 is 15.5 Å². The molecule has 0 aromatic heterocycles. The normalized spacial score (nSPS) is 13.1. The summed E-state index contributed by atoms with van der Waals surface area (Å²) in [4.78, 5) is 17.7. The third kappa shape index (κ3) is 50.5. The molecule has 1 aliphatic heterocycles. The van der Waals surface area contributed by atoms with Gasteiger partial charge in [-0.15, -0.1) is 0 Å². The van der Waals surface area contributed by atoms with Crippen molar-refractivity contribution >= 4 is 35.9 Å². The predicted octanol–water partition coefficient (Wildman–Crippen LogP) is 1.56. The molecule has 1 heterocycles. The van der Waals surface area contributed by atoms with E-state index in [1.807, 2.05) is 0 Å². The number of nitrogens with one attached hydrogen (secondary N) is 1. The molecular formula is C6H13NO4S2. The van der Waals surface area contributed by atoms with Crippen molar-refractivity contribution in [3.05, 3.63) is 0 Å². The summed E-state index contributed by atoms with van der Waals surface area (Å²) in [5.41, 5.74) is 0. The van der Waals surface area contributed by atoms with Crippen molar-refractivity contribution < 1.29 is 19.8 Å². The van der Waals surface area contributed by atoms with Gasteiger partial charge in [-0.1, -0.05) is 25.3 Å². The van der Waals surface area contributed by atoms with Gasteiger partial charge in [-0.3, -0.25) is 0 Å². The van der Waals surface area contributed by atoms with Crippen molar-refractivity contribution in [3.8, 4) is 0 Å². The largest absolute Gasteiger partial charge is 0.473 e. The summed E-state index contributed by atoms with van der Waals surface area (Å²) in [7, 11) is 0. The minimum Gasteiger partial charge on any atom is -0.473 e. The summed E-state index contributed by atoms with van der Waals surface area (Å²) in [5, 5.41) is 15.5. The molecule has 1 rings (SSSR count). The Bertz CT molecular complexity index is 122. The zero-order chi connectivity index (χ0) is 10.7. The minimum absolute atomic E-state index is 1.14. The maximum Gasteiger partial charge on any atom is 0.361 e. The topological polar surface area (TPSA) is 86.6 Å². The first-order valence-electron chi connectivity index (χ1n) is 3.51. The molecule has 1 aliphatic rings. The van der Waals surface area contributed by atoms with Crippen molar-refractivity contribution in [1.29, 1.82) is 0 Å². The average Bonchev–Trinajstić information content (AvgIpc) is 2.35. The summed E-state index contributed by atoms with van der Waals surface area (Å²) in [6.07, 6.45) is 2.78. The maximum absolute atomic E-state index is 8.86. The van der Waals surface area contributed by atoms with E-state index in [1.54, 1.807) is 0 Å². The first-order valence-corrected chi connectivity index (χ1v) is 4.40. The SMILES string of the molecule is C1CCNC1.O=C(O)S.O=C(O)S. The minimum atomic E-state index is -1.14. The Balaban J connectivity index is 0. The molecule has 78 valence electrons. The lowest BCUT2D eigenvalue weighted by molar-refractivity contribution is 0.221. The number of rotatable bonds is 0. The second kappa shape index (κ2) is 11.6. The molecule has 0 atom stereocenters. The first kappa shape index (κ1) is 15.1. The van der Waals surface area contributed by atoms with E-state index < -0.39 is 10.6 Å². The highest BCUT2D eigenvalue weighted by molar-refractivity contribution is 7.96. The molecule has 5 nitrogen and oxygen atoms in total. The molecule has 3 N–H and O–H groups in total. The fourth-order valence-electron chi connectivity index (χ4n) is 0.625. The van der Waals surface area contributed by atoms with Crippen LogP contribution in [0.15, 0.2) is 0 Å². The van der Waals surface area contributed by atoms with E-state index >= 15 is 0 Å². The quantitative estimate of drug-likeness (QED) is 0.405. The van der Waals surface area contributed by atoms with Crippen LogP contribution in [0.5, 0.6) is 0 Å². The van der Waals surface area contributed by atoms with Gasteiger partial charge in [-0.05, 0) is 25.9 Å². The maximum atomic E-state index is 8.86. The summed E-state index contributed by atoms with van der Waals surface area (Å²) >= 11 is 5.77. The van der Waals surface area contributed by atoms with E-state index in [1.165, 1.54) is 25.9 Å². The molecule has 0 saturated carbocycles. The van der Waals surface area contributed by atoms with Crippen LogP contribution in [-0.4, -0.2) is 33.9 Å². The highest BCUT2D eigenvalue weighted by Gasteiger charge is 1.93. The zero-order valence-electron chi connectivity index (χ0n) is 6.93. The van der Waals surface area contributed by atoms with E-state index in [2.05, 4.69) is 30.6 Å². The molecule has 0 bridgehead atoms. The lowest BCUT2D eigenvalue weighted by Crippen LogP contribution is -2.03. The van der Waals surface area contributed by atoms with Crippen molar-refractivity contribution in [2.45, 2.75) is 12.8 Å². The molecule has 0 radical (unpaired) electrons. The van der Waals surface area contributed by atoms with Gasteiger partial charge in [0.1, 0.15) is 0 Å². The lowest BCUT2D eigenvalue weighted by atomic mass is 10.4. The molecular weight excluding hydrogens is 214 g/mol. The molecule has 13 heavy (non-hydrogen) atoms. The molecule has 0 spiro atoms. The van der Waals surface area contributed by atoms with Crippen LogP contribution in [0.1, 0.15) is 12.8 Å². The summed E-state index contributed by atoms with van der Waals surface area (Å²) < 4.78 is 0. The van der Waals surface area contributed by atoms with Gasteiger partial charge in [0.25, 0.3) is 0 Å². The number of carboxylic acid groups (broad SMARTS) is 2. The smallest absolute Gasteiger partial charge is 0.361 e. The summed E-state index contributed by atoms with van der Waals surface area (Å²) in [6.45, 7) is 2.50. The fourth-order valence-corrected chi connectivity index (χ4v) is 0.625. The van der Waals surface area contributed by atoms with E-state index in [-0.39, 0.29) is 0 Å². The number of hydrogen-bond donors (Lipinski definition) is 5. The van der Waals surface area contributed by atoms with Crippen LogP contribution in [0.25, 0.3) is 0 Å². The fraction of sp³-hybridized carbons (Fsp3) is 0.667. The Morgan fingerprint density at radius 1 is 1.00 bits per heavy atom. The van der Waals surface area contributed by atoms with Crippen LogP contribution in [0.4, 0.5) is 9.59 Å². The molecule has 0 aliphatic carbocycles. The Kier molecular flexibility index (Phi) is 13.5. The van der Waals surface area contributed by atoms with Crippen molar-refractivity contribution in [1.82, 2.24) is 5.32 Å². The monoisotopic (exact) mass is 227 g/mol. The lowest BCUT2D eigenvalue weighted by Gasteiger charge is -1.76. The van der Waals surface area contributed by atoms with Gasteiger partial charge in [0.05, 0.1) is 0 Å². The third-order valence-electron chi connectivity index (χ3n) is 0.957. The van der Waals surface area contributed by atoms with Gasteiger partial charge in [0.2, 0.25) is 0 Å². The zero-order valence-corrected chi connectivity index (χ0v) is 8.72. The van der Waals surface area contributed by atoms with Crippen LogP contribution in [-0.2, 0) is 0 Å². The third-order valence-corrected chi connectivity index (χ3v) is 0.957. The van der Waals surface area contributed by atoms with E-state index in [0.29, 0.717) is 0 Å². The van der Waals surface area contributed by atoms with Crippen LogP contribution in [0.3, 0.4) is 0 Å². The molecule has 0 aromatic carbocycles. The van der Waals surface area contributed by atoms with Crippen LogP contribution >= 0.6 is 25.3 Å². The van der Waals surface area contributed by atoms with Crippen LogP contribution in [0.2, 0.25) is 0 Å². The van der Waals surface area contributed by atoms with Gasteiger partial charge in [-0.25, -0.2) is 9.59 Å². The Morgan fingerprint density at radius 2 is 1.23 bits per heavy atom. The van der Waals surface area contributed by atoms with Crippen molar-refractivity contribution in [3.63, 3.8) is 0 Å². The molecule has 1 fully saturated rings. The highest BCUT2D eigenvalue weighted by atomic mass is 32.1. The second-order valence-electron chi connectivity index (χ2n) is 2.02. The van der Waals surface area contributed by atoms with Crippen molar-refractivity contribution in [2.75, 3.05) is 13.1 Å². The van der Waals surface area contributed by atoms with E-state index in [4.69, 9.17) is 19.8 Å². The van der Waals surface area contributed by atoms with Gasteiger partial charge in [-0.2, -0.15) is 0 Å². The Morgan fingerprint density at radius 3 is 1.31 bits per heavy atom. The molecule has 1 saturated heterocycles. The van der Waals surface area contributed by atoms with Gasteiger partial charge >= 0.3 is 10.6 Å². The highest BCUT2D eigenvalue weighted by Crippen LogP contribution is 1.90. The van der Waals surface area contributed by atoms with E-state index in [0.717, 1.165) is 0 Å². The summed E-state index contributed by atoms with van der Waals surface area (Å²) in [6, 6.07) is 0. The second-order valence-corrected chi connectivity index (χ2v) is 2.79. The number of carbonyl (C=O) groups is 2. The van der Waals surface area contributed by atoms with Gasteiger partial charge in [0, 0.05) is 0 Å². The predicted molar refractivity (Wildman–Crippen MR) is 56.1 cm³/mol. The summed E-state index contributed by atoms with van der Waals surface area (Å²) in [5.74, 6) is 0. The Hall–Kier alpha value is -0.400.